The zero-order chi connectivity index (χ0) is 14.5. The van der Waals surface area contributed by atoms with E-state index in [0.29, 0.717) is 6.54 Å². The fourth-order valence-electron chi connectivity index (χ4n) is 1.95. The van der Waals surface area contributed by atoms with E-state index in [9.17, 15) is 10.1 Å². The highest BCUT2D eigenvalue weighted by molar-refractivity contribution is 7.15. The van der Waals surface area contributed by atoms with Crippen LogP contribution < -0.4 is 10.1 Å². The smallest absolute Gasteiger partial charge is 0.324 e. The van der Waals surface area contributed by atoms with Crippen LogP contribution in [0.25, 0.3) is 0 Å². The average molecular weight is 292 g/mol. The summed E-state index contributed by atoms with van der Waals surface area (Å²) in [6.07, 6.45) is 0. The number of hydrogen-bond donors (Lipinski definition) is 1. The number of hydrogen-bond acceptors (Lipinski definition) is 5. The Morgan fingerprint density at radius 3 is 2.75 bits per heavy atom. The first kappa shape index (κ1) is 14.5. The molecule has 0 aliphatic carbocycles. The van der Waals surface area contributed by atoms with Crippen LogP contribution in [0.5, 0.6) is 5.75 Å². The monoisotopic (exact) mass is 292 g/mol. The number of ether oxygens (including phenoxy) is 1. The van der Waals surface area contributed by atoms with Crippen LogP contribution in [-0.2, 0) is 6.54 Å². The van der Waals surface area contributed by atoms with Gasteiger partial charge in [-0.15, -0.1) is 0 Å². The van der Waals surface area contributed by atoms with Gasteiger partial charge in [0.15, 0.2) is 0 Å². The van der Waals surface area contributed by atoms with E-state index in [-0.39, 0.29) is 16.0 Å². The van der Waals surface area contributed by atoms with E-state index in [4.69, 9.17) is 4.74 Å². The summed E-state index contributed by atoms with van der Waals surface area (Å²) in [4.78, 5) is 11.2. The van der Waals surface area contributed by atoms with Crippen molar-refractivity contribution in [2.24, 2.45) is 0 Å². The Bertz CT molecular complexity index is 598. The van der Waals surface area contributed by atoms with Gasteiger partial charge in [0.1, 0.15) is 5.75 Å². The van der Waals surface area contributed by atoms with Crippen LogP contribution in [-0.4, -0.2) is 12.0 Å². The minimum atomic E-state index is -0.363. The number of nitro groups is 1. The molecule has 0 radical (unpaired) electrons. The molecule has 0 bridgehead atoms. The number of para-hydroxylation sites is 1. The average Bonchev–Trinajstić information content (AvgIpc) is 2.94. The summed E-state index contributed by atoms with van der Waals surface area (Å²) >= 11 is 1.20. The molecule has 1 aromatic carbocycles. The van der Waals surface area contributed by atoms with Crippen molar-refractivity contribution in [1.82, 2.24) is 5.32 Å². The molecule has 0 amide bonds. The molecule has 0 saturated heterocycles. The minimum Gasteiger partial charge on any atom is -0.496 e. The van der Waals surface area contributed by atoms with Gasteiger partial charge in [-0.05, 0) is 19.1 Å². The van der Waals surface area contributed by atoms with Crippen molar-refractivity contribution in [3.8, 4) is 5.75 Å². The van der Waals surface area contributed by atoms with Gasteiger partial charge in [0.25, 0.3) is 0 Å². The van der Waals surface area contributed by atoms with Crippen LogP contribution in [0, 0.1) is 10.1 Å². The van der Waals surface area contributed by atoms with E-state index < -0.39 is 0 Å². The molecule has 5 nitrogen and oxygen atoms in total. The molecule has 1 aromatic heterocycles. The van der Waals surface area contributed by atoms with Crippen LogP contribution in [0.1, 0.15) is 23.4 Å². The van der Waals surface area contributed by atoms with Gasteiger partial charge in [-0.25, -0.2) is 0 Å². The Morgan fingerprint density at radius 1 is 1.35 bits per heavy atom. The first-order valence-electron chi connectivity index (χ1n) is 6.21. The number of benzene rings is 1. The van der Waals surface area contributed by atoms with Gasteiger partial charge in [0, 0.05) is 29.1 Å². The number of nitrogens with one attached hydrogen (secondary N) is 1. The topological polar surface area (TPSA) is 64.4 Å². The van der Waals surface area contributed by atoms with Gasteiger partial charge in [-0.1, -0.05) is 29.5 Å². The van der Waals surface area contributed by atoms with Crippen molar-refractivity contribution >= 4 is 16.3 Å². The number of thiophene rings is 1. The Balaban J connectivity index is 2.00. The highest BCUT2D eigenvalue weighted by Crippen LogP contribution is 2.27. The molecular formula is C14H16N2O3S. The van der Waals surface area contributed by atoms with Crippen LogP contribution >= 0.6 is 11.3 Å². The molecular weight excluding hydrogens is 276 g/mol. The summed E-state index contributed by atoms with van der Waals surface area (Å²) in [5, 5.41) is 14.2. The van der Waals surface area contributed by atoms with Gasteiger partial charge in [0.2, 0.25) is 0 Å². The first-order valence-corrected chi connectivity index (χ1v) is 7.03. The summed E-state index contributed by atoms with van der Waals surface area (Å²) in [5.74, 6) is 0.838. The molecule has 1 N–H and O–H groups in total. The standard InChI is InChI=1S/C14H16N2O3S/c1-10(12-5-3-4-6-13(12)19-2)15-9-11-7-8-14(20-11)16(17)18/h3-8,10,15H,9H2,1-2H3/t10-/m0/s1. The van der Waals surface area contributed by atoms with Gasteiger partial charge < -0.3 is 10.1 Å². The van der Waals surface area contributed by atoms with Crippen molar-refractivity contribution < 1.29 is 9.66 Å². The Morgan fingerprint density at radius 2 is 2.10 bits per heavy atom. The third kappa shape index (κ3) is 3.34. The Hall–Kier alpha value is -1.92. The molecule has 0 unspecified atom stereocenters. The maximum atomic E-state index is 10.6. The van der Waals surface area contributed by atoms with Gasteiger partial charge in [0.05, 0.1) is 12.0 Å². The van der Waals surface area contributed by atoms with E-state index in [1.54, 1.807) is 13.2 Å². The molecule has 106 valence electrons. The molecule has 2 rings (SSSR count). The summed E-state index contributed by atoms with van der Waals surface area (Å²) < 4.78 is 5.33. The minimum absolute atomic E-state index is 0.104. The summed E-state index contributed by atoms with van der Waals surface area (Å²) in [6, 6.07) is 11.2. The lowest BCUT2D eigenvalue weighted by atomic mass is 10.1. The maximum Gasteiger partial charge on any atom is 0.324 e. The highest BCUT2D eigenvalue weighted by atomic mass is 32.1. The Kier molecular flexibility index (Phi) is 4.70. The Labute approximate surface area is 121 Å². The molecule has 2 aromatic rings. The molecule has 0 fully saturated rings. The second-order valence-electron chi connectivity index (χ2n) is 4.34. The number of methoxy groups -OCH3 is 1. The summed E-state index contributed by atoms with van der Waals surface area (Å²) in [6.45, 7) is 2.64. The molecule has 6 heteroatoms. The van der Waals surface area contributed by atoms with Crippen molar-refractivity contribution in [1.29, 1.82) is 0 Å². The fraction of sp³-hybridized carbons (Fsp3) is 0.286. The fourth-order valence-corrected chi connectivity index (χ4v) is 2.72. The van der Waals surface area contributed by atoms with E-state index in [1.165, 1.54) is 17.4 Å². The first-order chi connectivity index (χ1) is 9.61. The molecule has 0 aliphatic rings. The lowest BCUT2D eigenvalue weighted by Gasteiger charge is -2.16. The number of rotatable bonds is 6. The van der Waals surface area contributed by atoms with Gasteiger partial charge in [-0.2, -0.15) is 0 Å². The van der Waals surface area contributed by atoms with Crippen LogP contribution in [0.4, 0.5) is 5.00 Å². The zero-order valence-corrected chi connectivity index (χ0v) is 12.1. The van der Waals surface area contributed by atoms with Crippen LogP contribution in [0.2, 0.25) is 0 Å². The van der Waals surface area contributed by atoms with Crippen molar-refractivity contribution in [2.75, 3.05) is 7.11 Å². The quantitative estimate of drug-likeness (QED) is 0.653. The summed E-state index contributed by atoms with van der Waals surface area (Å²) in [7, 11) is 1.65. The van der Waals surface area contributed by atoms with E-state index in [2.05, 4.69) is 5.32 Å². The van der Waals surface area contributed by atoms with Crippen LogP contribution in [0.3, 0.4) is 0 Å². The lowest BCUT2D eigenvalue weighted by Crippen LogP contribution is -2.18. The van der Waals surface area contributed by atoms with Crippen molar-refractivity contribution in [3.63, 3.8) is 0 Å². The largest absolute Gasteiger partial charge is 0.496 e. The molecule has 20 heavy (non-hydrogen) atoms. The normalized spacial score (nSPS) is 12.1. The third-order valence-corrected chi connectivity index (χ3v) is 4.05. The second-order valence-corrected chi connectivity index (χ2v) is 5.49. The van der Waals surface area contributed by atoms with E-state index >= 15 is 0 Å². The van der Waals surface area contributed by atoms with E-state index in [1.807, 2.05) is 31.2 Å². The molecule has 1 atom stereocenters. The van der Waals surface area contributed by atoms with Gasteiger partial charge >= 0.3 is 5.00 Å². The van der Waals surface area contributed by atoms with E-state index in [0.717, 1.165) is 16.2 Å². The SMILES string of the molecule is COc1ccccc1[C@H](C)NCc1ccc([N+](=O)[O-])s1. The molecule has 0 spiro atoms. The molecule has 0 saturated carbocycles. The second kappa shape index (κ2) is 6.49. The third-order valence-electron chi connectivity index (χ3n) is 3.02. The number of nitrogens with zero attached hydrogens (tertiary/aromatic N) is 1. The predicted molar refractivity (Wildman–Crippen MR) is 79.2 cm³/mol. The maximum absolute atomic E-state index is 10.6. The van der Waals surface area contributed by atoms with Crippen molar-refractivity contribution in [2.45, 2.75) is 19.5 Å². The molecule has 1 heterocycles. The van der Waals surface area contributed by atoms with Gasteiger partial charge in [-0.3, -0.25) is 10.1 Å². The molecule has 0 aliphatic heterocycles. The zero-order valence-electron chi connectivity index (χ0n) is 11.3. The predicted octanol–water partition coefficient (Wildman–Crippen LogP) is 3.52. The highest BCUT2D eigenvalue weighted by Gasteiger charge is 2.13. The van der Waals surface area contributed by atoms with Crippen molar-refractivity contribution in [3.05, 3.63) is 57.0 Å². The lowest BCUT2D eigenvalue weighted by molar-refractivity contribution is -0.380. The summed E-state index contributed by atoms with van der Waals surface area (Å²) in [5.41, 5.74) is 1.07. The van der Waals surface area contributed by atoms with Crippen LogP contribution in [0.15, 0.2) is 36.4 Å².